The van der Waals surface area contributed by atoms with Crippen LogP contribution in [0.25, 0.3) is 0 Å². The minimum absolute atomic E-state index is 0.0158. The molecule has 3 heterocycles. The summed E-state index contributed by atoms with van der Waals surface area (Å²) in [4.78, 5) is 14.5. The van der Waals surface area contributed by atoms with Crippen molar-refractivity contribution < 1.29 is 14.6 Å². The van der Waals surface area contributed by atoms with Crippen molar-refractivity contribution >= 4 is 5.78 Å². The fraction of sp³-hybridized carbons (Fsp3) is 0.917. The average molecular weight is 227 g/mol. The van der Waals surface area contributed by atoms with Crippen LogP contribution in [-0.2, 0) is 9.53 Å². The standard InChI is InChI=1S/C12H21NO3/c1-11(2)6-9-4-5-13(11)12(7-14,8-16-3)10(9)15/h9,14H,4-8H2,1-3H3/t9-,12-/m0/s1. The van der Waals surface area contributed by atoms with Gasteiger partial charge in [-0.1, -0.05) is 0 Å². The van der Waals surface area contributed by atoms with E-state index in [1.807, 2.05) is 0 Å². The van der Waals surface area contributed by atoms with Crippen molar-refractivity contribution in [1.29, 1.82) is 0 Å². The number of methoxy groups -OCH3 is 1. The van der Waals surface area contributed by atoms with E-state index in [9.17, 15) is 9.90 Å². The molecule has 0 aromatic carbocycles. The quantitative estimate of drug-likeness (QED) is 0.760. The molecule has 16 heavy (non-hydrogen) atoms. The van der Waals surface area contributed by atoms with Gasteiger partial charge in [-0.15, -0.1) is 0 Å². The Morgan fingerprint density at radius 1 is 1.56 bits per heavy atom. The lowest BCUT2D eigenvalue weighted by atomic mass is 9.66. The maximum absolute atomic E-state index is 12.3. The molecule has 0 amide bonds. The number of rotatable bonds is 3. The van der Waals surface area contributed by atoms with Gasteiger partial charge >= 0.3 is 0 Å². The van der Waals surface area contributed by atoms with E-state index in [0.717, 1.165) is 19.4 Å². The Balaban J connectivity index is 2.39. The lowest BCUT2D eigenvalue weighted by Crippen LogP contribution is -2.75. The summed E-state index contributed by atoms with van der Waals surface area (Å²) in [5, 5.41) is 9.65. The summed E-state index contributed by atoms with van der Waals surface area (Å²) in [6, 6.07) is 0. The van der Waals surface area contributed by atoms with E-state index in [1.165, 1.54) is 0 Å². The van der Waals surface area contributed by atoms with Crippen LogP contribution in [0.3, 0.4) is 0 Å². The van der Waals surface area contributed by atoms with Crippen LogP contribution in [0.4, 0.5) is 0 Å². The van der Waals surface area contributed by atoms with E-state index in [1.54, 1.807) is 7.11 Å². The highest BCUT2D eigenvalue weighted by Gasteiger charge is 2.59. The molecule has 0 spiro atoms. The van der Waals surface area contributed by atoms with Gasteiger partial charge in [0, 0.05) is 25.1 Å². The summed E-state index contributed by atoms with van der Waals surface area (Å²) in [5.41, 5.74) is -0.808. The van der Waals surface area contributed by atoms with E-state index < -0.39 is 5.54 Å². The zero-order valence-electron chi connectivity index (χ0n) is 10.3. The fourth-order valence-electron chi connectivity index (χ4n) is 3.53. The first-order chi connectivity index (χ1) is 7.48. The summed E-state index contributed by atoms with van der Waals surface area (Å²) in [6.45, 7) is 5.33. The van der Waals surface area contributed by atoms with Gasteiger partial charge in [0.1, 0.15) is 5.54 Å². The molecule has 1 unspecified atom stereocenters. The molecule has 0 aromatic heterocycles. The fourth-order valence-corrected chi connectivity index (χ4v) is 3.53. The van der Waals surface area contributed by atoms with Gasteiger partial charge in [-0.2, -0.15) is 0 Å². The molecule has 3 saturated heterocycles. The second-order valence-electron chi connectivity index (χ2n) is 5.64. The Kier molecular flexibility index (Phi) is 2.85. The molecular formula is C12H21NO3. The molecule has 0 saturated carbocycles. The molecule has 0 aromatic rings. The van der Waals surface area contributed by atoms with Gasteiger partial charge in [0.25, 0.3) is 0 Å². The lowest BCUT2D eigenvalue weighted by Gasteiger charge is -2.59. The molecule has 0 radical (unpaired) electrons. The van der Waals surface area contributed by atoms with Gasteiger partial charge in [-0.25, -0.2) is 0 Å². The SMILES string of the molecule is COC[C@@]1(CO)C(=O)[C@H]2CCN1C(C)(C)C2. The maximum atomic E-state index is 12.3. The molecule has 3 rings (SSSR count). The number of carbonyl (C=O) groups is 1. The van der Waals surface area contributed by atoms with Gasteiger partial charge < -0.3 is 9.84 Å². The predicted molar refractivity (Wildman–Crippen MR) is 60.2 cm³/mol. The normalized spacial score (nSPS) is 41.4. The number of ether oxygens (including phenoxy) is 1. The van der Waals surface area contributed by atoms with E-state index in [4.69, 9.17) is 4.74 Å². The number of Topliss-reactive ketones (excluding diaryl/α,β-unsaturated/α-hetero) is 1. The van der Waals surface area contributed by atoms with Gasteiger partial charge in [0.2, 0.25) is 0 Å². The average Bonchev–Trinajstić information content (AvgIpc) is 2.23. The van der Waals surface area contributed by atoms with Gasteiger partial charge in [-0.05, 0) is 26.7 Å². The molecule has 3 atom stereocenters. The van der Waals surface area contributed by atoms with Crippen LogP contribution >= 0.6 is 0 Å². The number of carbonyl (C=O) groups excluding carboxylic acids is 1. The first-order valence-corrected chi connectivity index (χ1v) is 5.90. The Morgan fingerprint density at radius 3 is 2.75 bits per heavy atom. The Morgan fingerprint density at radius 2 is 2.25 bits per heavy atom. The summed E-state index contributed by atoms with van der Waals surface area (Å²) in [5.74, 6) is 0.268. The third-order valence-electron chi connectivity index (χ3n) is 4.17. The molecule has 1 N–H and O–H groups in total. The number of hydrogen-bond donors (Lipinski definition) is 1. The third kappa shape index (κ3) is 1.44. The number of nitrogens with zero attached hydrogens (tertiary/aromatic N) is 1. The number of piperidine rings is 3. The summed E-state index contributed by atoms with van der Waals surface area (Å²) in [7, 11) is 1.58. The van der Waals surface area contributed by atoms with Crippen LogP contribution in [0.15, 0.2) is 0 Å². The highest BCUT2D eigenvalue weighted by atomic mass is 16.5. The largest absolute Gasteiger partial charge is 0.394 e. The molecule has 3 aliphatic heterocycles. The van der Waals surface area contributed by atoms with Crippen LogP contribution in [-0.4, -0.2) is 53.7 Å². The first kappa shape index (κ1) is 12.0. The number of aliphatic hydroxyl groups excluding tert-OH is 1. The second-order valence-corrected chi connectivity index (χ2v) is 5.64. The van der Waals surface area contributed by atoms with Crippen LogP contribution in [0.2, 0.25) is 0 Å². The van der Waals surface area contributed by atoms with Crippen molar-refractivity contribution in [2.75, 3.05) is 26.9 Å². The second kappa shape index (κ2) is 3.79. The number of fused-ring (bicyclic) bond motifs is 3. The zero-order chi connectivity index (χ0) is 12.0. The van der Waals surface area contributed by atoms with Crippen LogP contribution < -0.4 is 0 Å². The van der Waals surface area contributed by atoms with E-state index >= 15 is 0 Å². The minimum atomic E-state index is -0.792. The lowest BCUT2D eigenvalue weighted by molar-refractivity contribution is -0.176. The van der Waals surface area contributed by atoms with E-state index in [0.29, 0.717) is 6.61 Å². The highest BCUT2D eigenvalue weighted by Crippen LogP contribution is 2.45. The van der Waals surface area contributed by atoms with Crippen LogP contribution in [0.1, 0.15) is 26.7 Å². The topological polar surface area (TPSA) is 49.8 Å². The van der Waals surface area contributed by atoms with Crippen molar-refractivity contribution in [1.82, 2.24) is 4.90 Å². The number of aliphatic hydroxyl groups is 1. The summed E-state index contributed by atoms with van der Waals surface area (Å²) >= 11 is 0. The highest BCUT2D eigenvalue weighted by molar-refractivity contribution is 5.92. The van der Waals surface area contributed by atoms with E-state index in [-0.39, 0.29) is 23.8 Å². The van der Waals surface area contributed by atoms with Gasteiger partial charge in [0.15, 0.2) is 5.78 Å². The molecule has 92 valence electrons. The predicted octanol–water partition coefficient (Wildman–Crippen LogP) is 0.437. The van der Waals surface area contributed by atoms with Crippen molar-refractivity contribution in [2.24, 2.45) is 5.92 Å². The molecular weight excluding hydrogens is 206 g/mol. The van der Waals surface area contributed by atoms with Crippen molar-refractivity contribution in [3.8, 4) is 0 Å². The van der Waals surface area contributed by atoms with Crippen LogP contribution in [0, 0.1) is 5.92 Å². The summed E-state index contributed by atoms with van der Waals surface area (Å²) < 4.78 is 5.17. The number of hydrogen-bond acceptors (Lipinski definition) is 4. The Labute approximate surface area is 96.6 Å². The first-order valence-electron chi connectivity index (χ1n) is 5.90. The monoisotopic (exact) mass is 227 g/mol. The molecule has 2 bridgehead atoms. The maximum Gasteiger partial charge on any atom is 0.161 e. The molecule has 3 aliphatic rings. The van der Waals surface area contributed by atoms with Gasteiger partial charge in [0.05, 0.1) is 13.2 Å². The van der Waals surface area contributed by atoms with Crippen LogP contribution in [0.5, 0.6) is 0 Å². The Bertz CT molecular complexity index is 303. The van der Waals surface area contributed by atoms with Crippen molar-refractivity contribution in [3.05, 3.63) is 0 Å². The smallest absolute Gasteiger partial charge is 0.161 e. The molecule has 4 nitrogen and oxygen atoms in total. The van der Waals surface area contributed by atoms with Gasteiger partial charge in [-0.3, -0.25) is 9.69 Å². The Hall–Kier alpha value is -0.450. The minimum Gasteiger partial charge on any atom is -0.394 e. The molecule has 3 fully saturated rings. The van der Waals surface area contributed by atoms with Crippen molar-refractivity contribution in [2.45, 2.75) is 37.8 Å². The number of ketones is 1. The summed E-state index contributed by atoms with van der Waals surface area (Å²) in [6.07, 6.45) is 1.82. The van der Waals surface area contributed by atoms with Crippen molar-refractivity contribution in [3.63, 3.8) is 0 Å². The molecule has 4 heteroatoms. The zero-order valence-corrected chi connectivity index (χ0v) is 10.3. The van der Waals surface area contributed by atoms with E-state index in [2.05, 4.69) is 18.7 Å². The third-order valence-corrected chi connectivity index (χ3v) is 4.17. The molecule has 0 aliphatic carbocycles.